The minimum atomic E-state index is -0.433. The molecule has 1 aliphatic rings. The first-order valence-corrected chi connectivity index (χ1v) is 5.83. The highest BCUT2D eigenvalue weighted by Gasteiger charge is 2.38. The summed E-state index contributed by atoms with van der Waals surface area (Å²) in [5.41, 5.74) is 4.92. The van der Waals surface area contributed by atoms with E-state index in [0.29, 0.717) is 19.7 Å². The zero-order valence-electron chi connectivity index (χ0n) is 10.4. The number of hydrogen-bond donors (Lipinski definition) is 1. The van der Waals surface area contributed by atoms with E-state index in [4.69, 9.17) is 10.5 Å². The molecule has 17 heavy (non-hydrogen) atoms. The van der Waals surface area contributed by atoms with Crippen molar-refractivity contribution in [1.82, 2.24) is 4.90 Å². The van der Waals surface area contributed by atoms with E-state index < -0.39 is 5.41 Å². The number of esters is 1. The van der Waals surface area contributed by atoms with Crippen LogP contribution < -0.4 is 5.73 Å². The number of rotatable bonds is 5. The van der Waals surface area contributed by atoms with Crippen molar-refractivity contribution >= 4 is 11.9 Å². The van der Waals surface area contributed by atoms with Gasteiger partial charge < -0.3 is 10.5 Å². The summed E-state index contributed by atoms with van der Waals surface area (Å²) < 4.78 is 4.77. The van der Waals surface area contributed by atoms with Crippen molar-refractivity contribution in [2.75, 3.05) is 26.2 Å². The van der Waals surface area contributed by atoms with Gasteiger partial charge in [0.2, 0.25) is 5.91 Å². The van der Waals surface area contributed by atoms with Crippen LogP contribution in [0, 0.1) is 5.41 Å². The summed E-state index contributed by atoms with van der Waals surface area (Å²) in [6.45, 7) is 6.14. The SMILES string of the molecule is CCOC(=O)/C=C/CN1CCC(C)(C(N)=O)C1. The molecule has 1 fully saturated rings. The highest BCUT2D eigenvalue weighted by molar-refractivity contribution is 5.82. The standard InChI is InChI=1S/C12H20N2O3/c1-3-17-10(15)5-4-7-14-8-6-12(2,9-14)11(13)16/h4-5H,3,6-9H2,1-2H3,(H2,13,16)/b5-4+. The Morgan fingerprint density at radius 1 is 1.53 bits per heavy atom. The maximum atomic E-state index is 11.2. The summed E-state index contributed by atoms with van der Waals surface area (Å²) in [5, 5.41) is 0. The first kappa shape index (κ1) is 13.7. The smallest absolute Gasteiger partial charge is 0.330 e. The second kappa shape index (κ2) is 5.82. The van der Waals surface area contributed by atoms with Crippen LogP contribution >= 0.6 is 0 Å². The van der Waals surface area contributed by atoms with Crippen molar-refractivity contribution in [3.8, 4) is 0 Å². The molecular weight excluding hydrogens is 220 g/mol. The molecule has 5 heteroatoms. The van der Waals surface area contributed by atoms with Crippen molar-refractivity contribution in [2.24, 2.45) is 11.1 Å². The molecule has 0 bridgehead atoms. The van der Waals surface area contributed by atoms with Crippen LogP contribution in [0.3, 0.4) is 0 Å². The number of nitrogens with two attached hydrogens (primary N) is 1. The van der Waals surface area contributed by atoms with Gasteiger partial charge in [-0.25, -0.2) is 4.79 Å². The second-order valence-electron chi connectivity index (χ2n) is 4.56. The zero-order valence-corrected chi connectivity index (χ0v) is 10.4. The Labute approximate surface area is 102 Å². The van der Waals surface area contributed by atoms with E-state index in [1.807, 2.05) is 6.92 Å². The van der Waals surface area contributed by atoms with Crippen molar-refractivity contribution in [3.63, 3.8) is 0 Å². The van der Waals surface area contributed by atoms with Crippen LogP contribution in [0.15, 0.2) is 12.2 Å². The molecule has 1 unspecified atom stereocenters. The molecule has 0 aliphatic carbocycles. The third-order valence-corrected chi connectivity index (χ3v) is 3.05. The highest BCUT2D eigenvalue weighted by Crippen LogP contribution is 2.28. The third-order valence-electron chi connectivity index (χ3n) is 3.05. The average molecular weight is 240 g/mol. The van der Waals surface area contributed by atoms with Gasteiger partial charge in [0.15, 0.2) is 0 Å². The van der Waals surface area contributed by atoms with Gasteiger partial charge >= 0.3 is 5.97 Å². The molecule has 1 amide bonds. The predicted octanol–water partition coefficient (Wildman–Crippen LogP) is 0.303. The molecule has 0 aromatic rings. The molecule has 2 N–H and O–H groups in total. The topological polar surface area (TPSA) is 72.6 Å². The second-order valence-corrected chi connectivity index (χ2v) is 4.56. The number of likely N-dealkylation sites (tertiary alicyclic amines) is 1. The lowest BCUT2D eigenvalue weighted by Crippen LogP contribution is -2.37. The van der Waals surface area contributed by atoms with Gasteiger partial charge in [-0.15, -0.1) is 0 Å². The molecule has 5 nitrogen and oxygen atoms in total. The molecule has 1 aliphatic heterocycles. The molecule has 0 radical (unpaired) electrons. The average Bonchev–Trinajstić information content (AvgIpc) is 2.62. The minimum Gasteiger partial charge on any atom is -0.463 e. The van der Waals surface area contributed by atoms with E-state index in [1.165, 1.54) is 6.08 Å². The van der Waals surface area contributed by atoms with Gasteiger partial charge in [-0.3, -0.25) is 9.69 Å². The first-order valence-electron chi connectivity index (χ1n) is 5.83. The van der Waals surface area contributed by atoms with E-state index in [0.717, 1.165) is 13.0 Å². The quantitative estimate of drug-likeness (QED) is 0.554. The Morgan fingerprint density at radius 2 is 2.24 bits per heavy atom. The molecule has 1 atom stereocenters. The van der Waals surface area contributed by atoms with Crippen LogP contribution in [0.2, 0.25) is 0 Å². The third kappa shape index (κ3) is 3.85. The van der Waals surface area contributed by atoms with E-state index in [9.17, 15) is 9.59 Å². The van der Waals surface area contributed by atoms with Crippen LogP contribution in [-0.2, 0) is 14.3 Å². The van der Waals surface area contributed by atoms with E-state index in [2.05, 4.69) is 4.90 Å². The Bertz CT molecular complexity index is 328. The molecule has 0 aromatic heterocycles. The van der Waals surface area contributed by atoms with Gasteiger partial charge in [-0.2, -0.15) is 0 Å². The van der Waals surface area contributed by atoms with Crippen LogP contribution in [0.1, 0.15) is 20.3 Å². The first-order chi connectivity index (χ1) is 7.98. The van der Waals surface area contributed by atoms with Gasteiger partial charge in [0.05, 0.1) is 12.0 Å². The fourth-order valence-corrected chi connectivity index (χ4v) is 1.90. The molecule has 0 spiro atoms. The normalized spacial score (nSPS) is 25.3. The van der Waals surface area contributed by atoms with Crippen LogP contribution in [0.5, 0.6) is 0 Å². The predicted molar refractivity (Wildman–Crippen MR) is 64.1 cm³/mol. The zero-order chi connectivity index (χ0) is 12.9. The summed E-state index contributed by atoms with van der Waals surface area (Å²) in [7, 11) is 0. The van der Waals surface area contributed by atoms with E-state index in [1.54, 1.807) is 13.0 Å². The van der Waals surface area contributed by atoms with Gasteiger partial charge in [0.1, 0.15) is 0 Å². The van der Waals surface area contributed by atoms with Gasteiger partial charge in [0.25, 0.3) is 0 Å². The molecule has 96 valence electrons. The number of primary amides is 1. The number of carbonyl (C=O) groups excluding carboxylic acids is 2. The molecule has 1 saturated heterocycles. The number of hydrogen-bond acceptors (Lipinski definition) is 4. The van der Waals surface area contributed by atoms with Crippen molar-refractivity contribution in [2.45, 2.75) is 20.3 Å². The van der Waals surface area contributed by atoms with Crippen LogP contribution in [-0.4, -0.2) is 43.0 Å². The van der Waals surface area contributed by atoms with Gasteiger partial charge in [0, 0.05) is 19.2 Å². The summed E-state index contributed by atoms with van der Waals surface area (Å²) in [4.78, 5) is 24.4. The summed E-state index contributed by atoms with van der Waals surface area (Å²) in [6.07, 6.45) is 3.95. The van der Waals surface area contributed by atoms with Gasteiger partial charge in [-0.1, -0.05) is 6.08 Å². The Kier molecular flexibility index (Phi) is 4.69. The lowest BCUT2D eigenvalue weighted by molar-refractivity contribution is -0.137. The summed E-state index contributed by atoms with van der Waals surface area (Å²) in [6, 6.07) is 0. The molecular formula is C12H20N2O3. The maximum absolute atomic E-state index is 11.2. The monoisotopic (exact) mass is 240 g/mol. The molecule has 1 rings (SSSR count). The van der Waals surface area contributed by atoms with Crippen molar-refractivity contribution in [3.05, 3.63) is 12.2 Å². The fraction of sp³-hybridized carbons (Fsp3) is 0.667. The Hall–Kier alpha value is -1.36. The van der Waals surface area contributed by atoms with E-state index in [-0.39, 0.29) is 11.9 Å². The van der Waals surface area contributed by atoms with E-state index >= 15 is 0 Å². The Balaban J connectivity index is 2.36. The van der Waals surface area contributed by atoms with Crippen LogP contribution in [0.25, 0.3) is 0 Å². The van der Waals surface area contributed by atoms with Crippen LogP contribution in [0.4, 0.5) is 0 Å². The summed E-state index contributed by atoms with van der Waals surface area (Å²) >= 11 is 0. The lowest BCUT2D eigenvalue weighted by Gasteiger charge is -2.19. The molecule has 0 saturated carbocycles. The lowest BCUT2D eigenvalue weighted by atomic mass is 9.89. The largest absolute Gasteiger partial charge is 0.463 e. The highest BCUT2D eigenvalue weighted by atomic mass is 16.5. The van der Waals surface area contributed by atoms with Crippen molar-refractivity contribution < 1.29 is 14.3 Å². The minimum absolute atomic E-state index is 0.255. The Morgan fingerprint density at radius 3 is 2.76 bits per heavy atom. The molecule has 1 heterocycles. The van der Waals surface area contributed by atoms with Crippen molar-refractivity contribution in [1.29, 1.82) is 0 Å². The summed E-state index contributed by atoms with van der Waals surface area (Å²) in [5.74, 6) is -0.585. The molecule has 0 aromatic carbocycles. The van der Waals surface area contributed by atoms with Gasteiger partial charge in [-0.05, 0) is 26.8 Å². The fourth-order valence-electron chi connectivity index (χ4n) is 1.90. The number of carbonyl (C=O) groups is 2. The number of amides is 1. The maximum Gasteiger partial charge on any atom is 0.330 e. The number of ether oxygens (including phenoxy) is 1. The number of nitrogens with zero attached hydrogens (tertiary/aromatic N) is 1.